The molecule has 1 aliphatic rings. The fourth-order valence-corrected chi connectivity index (χ4v) is 2.85. The molecule has 130 valence electrons. The van der Waals surface area contributed by atoms with E-state index in [0.717, 1.165) is 6.42 Å². The van der Waals surface area contributed by atoms with Crippen molar-refractivity contribution < 1.29 is 14.3 Å². The van der Waals surface area contributed by atoms with Gasteiger partial charge in [-0.2, -0.15) is 0 Å². The molecule has 1 aliphatic carbocycles. The minimum absolute atomic E-state index is 0.0453. The van der Waals surface area contributed by atoms with Gasteiger partial charge in [-0.3, -0.25) is 9.59 Å². The van der Waals surface area contributed by atoms with Gasteiger partial charge < -0.3 is 15.4 Å². The van der Waals surface area contributed by atoms with Gasteiger partial charge in [0, 0.05) is 6.54 Å². The monoisotopic (exact) mass is 338 g/mol. The Morgan fingerprint density at radius 3 is 2.44 bits per heavy atom. The number of methoxy groups -OCH3 is 1. The van der Waals surface area contributed by atoms with Crippen molar-refractivity contribution in [3.63, 3.8) is 0 Å². The Kier molecular flexibility index (Phi) is 5.33. The first-order valence-electron chi connectivity index (χ1n) is 8.44. The summed E-state index contributed by atoms with van der Waals surface area (Å²) in [5, 5.41) is 5.77. The molecule has 0 aromatic heterocycles. The van der Waals surface area contributed by atoms with Gasteiger partial charge >= 0.3 is 0 Å². The van der Waals surface area contributed by atoms with Crippen molar-refractivity contribution in [1.29, 1.82) is 0 Å². The summed E-state index contributed by atoms with van der Waals surface area (Å²) < 4.78 is 5.22. The van der Waals surface area contributed by atoms with Crippen molar-refractivity contribution >= 4 is 17.5 Å². The lowest BCUT2D eigenvalue weighted by molar-refractivity contribution is -0.125. The highest BCUT2D eigenvalue weighted by molar-refractivity contribution is 6.00. The van der Waals surface area contributed by atoms with Crippen molar-refractivity contribution in [3.8, 4) is 5.75 Å². The van der Waals surface area contributed by atoms with E-state index in [1.165, 1.54) is 5.56 Å². The van der Waals surface area contributed by atoms with Crippen molar-refractivity contribution in [2.75, 3.05) is 19.0 Å². The second kappa shape index (κ2) is 7.83. The molecule has 25 heavy (non-hydrogen) atoms. The molecule has 0 radical (unpaired) electrons. The molecular weight excluding hydrogens is 316 g/mol. The number of ether oxygens (including phenoxy) is 1. The molecule has 2 amide bonds. The van der Waals surface area contributed by atoms with Crippen LogP contribution < -0.4 is 15.4 Å². The number of para-hydroxylation sites is 2. The summed E-state index contributed by atoms with van der Waals surface area (Å²) in [5.74, 6) is -0.0590. The van der Waals surface area contributed by atoms with Crippen LogP contribution in [0.1, 0.15) is 12.0 Å². The standard InChI is InChI=1S/C20H22N2O3/c1-25-18-10-6-5-9-17(18)22-20(24)16-13-15(16)19(23)21-12-11-14-7-3-2-4-8-14/h2-10,15-16H,11-13H2,1H3,(H,21,23)(H,22,24). The molecule has 3 rings (SSSR count). The van der Waals surface area contributed by atoms with Crippen LogP contribution in [0, 0.1) is 11.8 Å². The Hall–Kier alpha value is -2.82. The number of rotatable bonds is 7. The van der Waals surface area contributed by atoms with E-state index in [2.05, 4.69) is 10.6 Å². The smallest absolute Gasteiger partial charge is 0.228 e. The summed E-state index contributed by atoms with van der Waals surface area (Å²) in [6.45, 7) is 0.584. The van der Waals surface area contributed by atoms with Crippen molar-refractivity contribution in [3.05, 3.63) is 60.2 Å². The van der Waals surface area contributed by atoms with Gasteiger partial charge in [-0.15, -0.1) is 0 Å². The second-order valence-corrected chi connectivity index (χ2v) is 6.16. The van der Waals surface area contributed by atoms with E-state index >= 15 is 0 Å². The van der Waals surface area contributed by atoms with Crippen LogP contribution in [-0.2, 0) is 16.0 Å². The Labute approximate surface area is 147 Å². The highest BCUT2D eigenvalue weighted by Crippen LogP contribution is 2.40. The van der Waals surface area contributed by atoms with Crippen LogP contribution in [0.4, 0.5) is 5.69 Å². The van der Waals surface area contributed by atoms with Crippen LogP contribution in [-0.4, -0.2) is 25.5 Å². The maximum absolute atomic E-state index is 12.3. The van der Waals surface area contributed by atoms with E-state index in [0.29, 0.717) is 24.4 Å². The number of nitrogens with one attached hydrogen (secondary N) is 2. The summed E-state index contributed by atoms with van der Waals surface area (Å²) in [5.41, 5.74) is 1.81. The van der Waals surface area contributed by atoms with E-state index in [1.54, 1.807) is 19.2 Å². The molecule has 2 N–H and O–H groups in total. The van der Waals surface area contributed by atoms with Gasteiger partial charge in [0.2, 0.25) is 11.8 Å². The number of carbonyl (C=O) groups excluding carboxylic acids is 2. The van der Waals surface area contributed by atoms with Gasteiger partial charge in [0.15, 0.2) is 0 Å². The van der Waals surface area contributed by atoms with Crippen LogP contribution in [0.15, 0.2) is 54.6 Å². The topological polar surface area (TPSA) is 67.4 Å². The third-order valence-corrected chi connectivity index (χ3v) is 4.38. The molecule has 2 unspecified atom stereocenters. The van der Waals surface area contributed by atoms with Crippen LogP contribution in [0.3, 0.4) is 0 Å². The zero-order chi connectivity index (χ0) is 17.6. The lowest BCUT2D eigenvalue weighted by atomic mass is 10.1. The molecule has 2 aromatic rings. The van der Waals surface area contributed by atoms with E-state index in [1.807, 2.05) is 42.5 Å². The average molecular weight is 338 g/mol. The number of carbonyl (C=O) groups is 2. The molecule has 5 heteroatoms. The highest BCUT2D eigenvalue weighted by atomic mass is 16.5. The second-order valence-electron chi connectivity index (χ2n) is 6.16. The summed E-state index contributed by atoms with van der Waals surface area (Å²) in [6.07, 6.45) is 1.38. The number of hydrogen-bond acceptors (Lipinski definition) is 3. The Bertz CT molecular complexity index is 746. The molecular formula is C20H22N2O3. The lowest BCUT2D eigenvalue weighted by Gasteiger charge is -2.09. The third kappa shape index (κ3) is 4.38. The average Bonchev–Trinajstić information content (AvgIpc) is 3.44. The van der Waals surface area contributed by atoms with Gasteiger partial charge in [0.05, 0.1) is 24.6 Å². The molecule has 0 spiro atoms. The predicted molar refractivity (Wildman–Crippen MR) is 96.4 cm³/mol. The molecule has 0 saturated heterocycles. The van der Waals surface area contributed by atoms with E-state index in [9.17, 15) is 9.59 Å². The van der Waals surface area contributed by atoms with Crippen molar-refractivity contribution in [1.82, 2.24) is 5.32 Å². The molecule has 2 atom stereocenters. The molecule has 0 aliphatic heterocycles. The van der Waals surface area contributed by atoms with Gasteiger partial charge in [0.25, 0.3) is 0 Å². The predicted octanol–water partition coefficient (Wildman–Crippen LogP) is 2.63. The van der Waals surface area contributed by atoms with Crippen molar-refractivity contribution in [2.45, 2.75) is 12.8 Å². The number of anilines is 1. The fourth-order valence-electron chi connectivity index (χ4n) is 2.85. The molecule has 1 saturated carbocycles. The minimum Gasteiger partial charge on any atom is -0.495 e. The van der Waals surface area contributed by atoms with Gasteiger partial charge in [-0.1, -0.05) is 42.5 Å². The maximum Gasteiger partial charge on any atom is 0.228 e. The fraction of sp³-hybridized carbons (Fsp3) is 0.300. The summed E-state index contributed by atoms with van der Waals surface area (Å²) in [4.78, 5) is 24.5. The molecule has 2 aromatic carbocycles. The van der Waals surface area contributed by atoms with Gasteiger partial charge in [-0.25, -0.2) is 0 Å². The Balaban J connectivity index is 1.45. The van der Waals surface area contributed by atoms with E-state index in [4.69, 9.17) is 4.74 Å². The normalized spacial score (nSPS) is 18.3. The van der Waals surface area contributed by atoms with Crippen LogP contribution in [0.25, 0.3) is 0 Å². The molecule has 0 bridgehead atoms. The maximum atomic E-state index is 12.3. The molecule has 0 heterocycles. The Morgan fingerprint density at radius 2 is 1.68 bits per heavy atom. The summed E-state index contributed by atoms with van der Waals surface area (Å²) >= 11 is 0. The summed E-state index contributed by atoms with van der Waals surface area (Å²) in [7, 11) is 1.56. The first-order valence-corrected chi connectivity index (χ1v) is 8.44. The van der Waals surface area contributed by atoms with Crippen LogP contribution >= 0.6 is 0 Å². The zero-order valence-electron chi connectivity index (χ0n) is 14.2. The largest absolute Gasteiger partial charge is 0.495 e. The number of benzene rings is 2. The molecule has 5 nitrogen and oxygen atoms in total. The lowest BCUT2D eigenvalue weighted by Crippen LogP contribution is -2.29. The van der Waals surface area contributed by atoms with Gasteiger partial charge in [-0.05, 0) is 30.5 Å². The minimum atomic E-state index is -0.262. The summed E-state index contributed by atoms with van der Waals surface area (Å²) in [6, 6.07) is 17.3. The SMILES string of the molecule is COc1ccccc1NC(=O)C1CC1C(=O)NCCc1ccccc1. The van der Waals surface area contributed by atoms with Crippen LogP contribution in [0.2, 0.25) is 0 Å². The zero-order valence-corrected chi connectivity index (χ0v) is 14.2. The van der Waals surface area contributed by atoms with E-state index < -0.39 is 0 Å². The quantitative estimate of drug-likeness (QED) is 0.815. The van der Waals surface area contributed by atoms with E-state index in [-0.39, 0.29) is 23.7 Å². The number of hydrogen-bond donors (Lipinski definition) is 2. The van der Waals surface area contributed by atoms with Crippen molar-refractivity contribution in [2.24, 2.45) is 11.8 Å². The third-order valence-electron chi connectivity index (χ3n) is 4.38. The van der Waals surface area contributed by atoms with Gasteiger partial charge in [0.1, 0.15) is 5.75 Å². The van der Waals surface area contributed by atoms with Crippen LogP contribution in [0.5, 0.6) is 5.75 Å². The first-order chi connectivity index (χ1) is 12.2. The number of amides is 2. The highest BCUT2D eigenvalue weighted by Gasteiger charge is 2.48. The first kappa shape index (κ1) is 17.0. The molecule has 1 fully saturated rings. The Morgan fingerprint density at radius 1 is 1.00 bits per heavy atom.